The molecule has 6 nitrogen and oxygen atoms in total. The first-order valence-electron chi connectivity index (χ1n) is 9.39. The van der Waals surface area contributed by atoms with E-state index in [0.29, 0.717) is 5.71 Å². The van der Waals surface area contributed by atoms with Crippen molar-refractivity contribution in [2.75, 3.05) is 12.5 Å². The molecule has 7 heteroatoms. The van der Waals surface area contributed by atoms with Crippen LogP contribution in [0.4, 0.5) is 11.4 Å². The third-order valence-corrected chi connectivity index (χ3v) is 5.61. The summed E-state index contributed by atoms with van der Waals surface area (Å²) < 4.78 is 13.7. The van der Waals surface area contributed by atoms with Crippen LogP contribution in [0.5, 0.6) is 5.75 Å². The zero-order valence-corrected chi connectivity index (χ0v) is 17.0. The van der Waals surface area contributed by atoms with Crippen LogP contribution in [0.15, 0.2) is 94.4 Å². The van der Waals surface area contributed by atoms with Crippen molar-refractivity contribution in [2.24, 2.45) is 4.99 Å². The van der Waals surface area contributed by atoms with Crippen LogP contribution in [0.1, 0.15) is 0 Å². The van der Waals surface area contributed by atoms with Crippen LogP contribution in [-0.4, -0.2) is 16.9 Å². The molecule has 1 N–H and O–H groups in total. The maximum Gasteiger partial charge on any atom is 0.270 e. The number of methoxy groups -OCH3 is 1. The minimum Gasteiger partial charge on any atom is -0.497 e. The van der Waals surface area contributed by atoms with Gasteiger partial charge in [0.05, 0.1) is 18.5 Å². The fourth-order valence-electron chi connectivity index (χ4n) is 3.09. The van der Waals surface area contributed by atoms with Gasteiger partial charge in [-0.25, -0.2) is 4.99 Å². The number of benzene rings is 3. The Morgan fingerprint density at radius 3 is 2.33 bits per heavy atom. The number of hydrogen-bond donors (Lipinski definition) is 1. The van der Waals surface area contributed by atoms with E-state index >= 15 is 0 Å². The Morgan fingerprint density at radius 1 is 0.933 bits per heavy atom. The van der Waals surface area contributed by atoms with E-state index < -0.39 is 0 Å². The third-order valence-electron chi connectivity index (χ3n) is 4.58. The lowest BCUT2D eigenvalue weighted by Crippen LogP contribution is -2.21. The van der Waals surface area contributed by atoms with Gasteiger partial charge in [0.2, 0.25) is 4.80 Å². The van der Waals surface area contributed by atoms with Gasteiger partial charge in [-0.3, -0.25) is 5.43 Å². The minimum absolute atomic E-state index is 0.620. The minimum atomic E-state index is 0.620. The predicted octanol–water partition coefficient (Wildman–Crippen LogP) is 5.47. The van der Waals surface area contributed by atoms with Crippen LogP contribution in [0.25, 0.3) is 21.7 Å². The van der Waals surface area contributed by atoms with Gasteiger partial charge in [0.25, 0.3) is 5.71 Å². The molecule has 0 saturated heterocycles. The van der Waals surface area contributed by atoms with Crippen molar-refractivity contribution in [1.29, 1.82) is 0 Å². The normalized spacial score (nSPS) is 11.7. The SMILES string of the molecule is COc1ccc(N=c2sc3c(-c4ccccc4)noc3n2Nc2ccccc2)cc1. The van der Waals surface area contributed by atoms with Gasteiger partial charge in [-0.2, -0.15) is 4.68 Å². The zero-order chi connectivity index (χ0) is 20.3. The van der Waals surface area contributed by atoms with Crippen molar-refractivity contribution < 1.29 is 9.26 Å². The summed E-state index contributed by atoms with van der Waals surface area (Å²) in [6.45, 7) is 0. The highest BCUT2D eigenvalue weighted by molar-refractivity contribution is 7.16. The summed E-state index contributed by atoms with van der Waals surface area (Å²) >= 11 is 1.52. The fourth-order valence-corrected chi connectivity index (χ4v) is 4.11. The molecule has 2 aromatic heterocycles. The number of ether oxygens (including phenoxy) is 1. The number of nitrogens with zero attached hydrogens (tertiary/aromatic N) is 3. The summed E-state index contributed by atoms with van der Waals surface area (Å²) in [6, 6.07) is 27.5. The second kappa shape index (κ2) is 7.88. The van der Waals surface area contributed by atoms with Gasteiger partial charge in [0.15, 0.2) is 0 Å². The third kappa shape index (κ3) is 3.46. The van der Waals surface area contributed by atoms with E-state index in [0.717, 1.165) is 37.9 Å². The van der Waals surface area contributed by atoms with E-state index in [1.807, 2.05) is 89.6 Å². The number of rotatable bonds is 5. The van der Waals surface area contributed by atoms with E-state index in [2.05, 4.69) is 10.6 Å². The molecule has 0 radical (unpaired) electrons. The molecule has 2 heterocycles. The smallest absolute Gasteiger partial charge is 0.270 e. The molecule has 0 saturated carbocycles. The van der Waals surface area contributed by atoms with E-state index in [9.17, 15) is 0 Å². The Labute approximate surface area is 176 Å². The number of anilines is 1. The molecule has 0 bridgehead atoms. The van der Waals surface area contributed by atoms with Crippen molar-refractivity contribution >= 4 is 33.1 Å². The van der Waals surface area contributed by atoms with Gasteiger partial charge in [-0.15, -0.1) is 0 Å². The van der Waals surface area contributed by atoms with E-state index in [-0.39, 0.29) is 0 Å². The molecule has 0 amide bonds. The molecule has 0 aliphatic carbocycles. The first-order valence-corrected chi connectivity index (χ1v) is 10.2. The van der Waals surface area contributed by atoms with Gasteiger partial charge in [0.1, 0.15) is 16.1 Å². The molecule has 148 valence electrons. The summed E-state index contributed by atoms with van der Waals surface area (Å²) in [6.07, 6.45) is 0. The summed E-state index contributed by atoms with van der Waals surface area (Å²) in [5, 5.41) is 4.32. The number of nitrogens with one attached hydrogen (secondary N) is 1. The van der Waals surface area contributed by atoms with Crippen LogP contribution in [0.3, 0.4) is 0 Å². The van der Waals surface area contributed by atoms with Crippen molar-refractivity contribution in [3.8, 4) is 17.0 Å². The summed E-state index contributed by atoms with van der Waals surface area (Å²) in [5.74, 6) is 0.791. The number of thiazole rings is 1. The van der Waals surface area contributed by atoms with Crippen LogP contribution < -0.4 is 15.0 Å². The van der Waals surface area contributed by atoms with E-state index in [1.165, 1.54) is 11.3 Å². The Kier molecular flexibility index (Phi) is 4.78. The lowest BCUT2D eigenvalue weighted by Gasteiger charge is -2.06. The Bertz CT molecular complexity index is 1340. The number of hydrogen-bond acceptors (Lipinski definition) is 6. The molecule has 0 spiro atoms. The number of fused-ring (bicyclic) bond motifs is 1. The Hall–Kier alpha value is -3.84. The van der Waals surface area contributed by atoms with Crippen LogP contribution in [0, 0.1) is 0 Å². The highest BCUT2D eigenvalue weighted by Crippen LogP contribution is 2.30. The molecule has 5 aromatic rings. The van der Waals surface area contributed by atoms with Crippen molar-refractivity contribution in [3.63, 3.8) is 0 Å². The fraction of sp³-hybridized carbons (Fsp3) is 0.0435. The summed E-state index contributed by atoms with van der Waals surface area (Å²) in [4.78, 5) is 5.58. The van der Waals surface area contributed by atoms with Gasteiger partial charge >= 0.3 is 0 Å². The zero-order valence-electron chi connectivity index (χ0n) is 16.1. The van der Waals surface area contributed by atoms with Crippen LogP contribution >= 0.6 is 11.3 Å². The van der Waals surface area contributed by atoms with Crippen molar-refractivity contribution in [1.82, 2.24) is 9.83 Å². The van der Waals surface area contributed by atoms with Gasteiger partial charge in [-0.05, 0) is 36.4 Å². The average Bonchev–Trinajstić information content (AvgIpc) is 3.36. The Morgan fingerprint density at radius 2 is 1.63 bits per heavy atom. The average molecular weight is 414 g/mol. The Balaban J connectivity index is 1.68. The van der Waals surface area contributed by atoms with Gasteiger partial charge < -0.3 is 9.26 Å². The lowest BCUT2D eigenvalue weighted by atomic mass is 10.2. The van der Waals surface area contributed by atoms with E-state index in [4.69, 9.17) is 14.3 Å². The number of para-hydroxylation sites is 1. The molecular weight excluding hydrogens is 396 g/mol. The van der Waals surface area contributed by atoms with Crippen LogP contribution in [-0.2, 0) is 0 Å². The summed E-state index contributed by atoms with van der Waals surface area (Å²) in [7, 11) is 1.65. The predicted molar refractivity (Wildman–Crippen MR) is 119 cm³/mol. The molecule has 5 rings (SSSR count). The maximum atomic E-state index is 5.74. The molecular formula is C23H18N4O2S. The van der Waals surface area contributed by atoms with Gasteiger partial charge in [0, 0.05) is 5.56 Å². The number of aromatic nitrogens is 2. The second-order valence-corrected chi connectivity index (χ2v) is 7.52. The second-order valence-electron chi connectivity index (χ2n) is 6.54. The topological polar surface area (TPSA) is 64.6 Å². The highest BCUT2D eigenvalue weighted by atomic mass is 32.1. The largest absolute Gasteiger partial charge is 0.497 e. The standard InChI is InChI=1S/C23H18N4O2S/c1-28-19-14-12-17(13-15-19)24-23-27(25-18-10-6-3-7-11-18)22-21(30-23)20(26-29-22)16-8-4-2-5-9-16/h2-15,25H,1H3. The molecule has 3 aromatic carbocycles. The molecule has 0 aliphatic heterocycles. The molecule has 0 aliphatic rings. The highest BCUT2D eigenvalue weighted by Gasteiger charge is 2.18. The summed E-state index contributed by atoms with van der Waals surface area (Å²) in [5.41, 5.74) is 7.54. The molecule has 0 atom stereocenters. The first kappa shape index (κ1) is 18.2. The van der Waals surface area contributed by atoms with Crippen molar-refractivity contribution in [2.45, 2.75) is 0 Å². The monoisotopic (exact) mass is 414 g/mol. The lowest BCUT2D eigenvalue weighted by molar-refractivity contribution is 0.415. The molecule has 0 unspecified atom stereocenters. The quantitative estimate of drug-likeness (QED) is 0.414. The van der Waals surface area contributed by atoms with Crippen molar-refractivity contribution in [3.05, 3.63) is 89.7 Å². The van der Waals surface area contributed by atoms with Crippen LogP contribution in [0.2, 0.25) is 0 Å². The molecule has 30 heavy (non-hydrogen) atoms. The molecule has 0 fully saturated rings. The maximum absolute atomic E-state index is 5.74. The van der Waals surface area contributed by atoms with E-state index in [1.54, 1.807) is 7.11 Å². The van der Waals surface area contributed by atoms with Gasteiger partial charge in [-0.1, -0.05) is 65.0 Å². The first-order chi connectivity index (χ1) is 14.8.